The molecule has 41 heavy (non-hydrogen) atoms. The smallest absolute Gasteiger partial charge is 0.252 e. The Labute approximate surface area is 246 Å². The summed E-state index contributed by atoms with van der Waals surface area (Å²) in [6, 6.07) is 28.3. The Morgan fingerprint density at radius 3 is 2.12 bits per heavy atom. The van der Waals surface area contributed by atoms with Gasteiger partial charge in [-0.3, -0.25) is 0 Å². The molecule has 1 fully saturated rings. The molecule has 8 rings (SSSR count). The molecule has 1 saturated carbocycles. The van der Waals surface area contributed by atoms with Crippen LogP contribution in [0.4, 0.5) is 28.4 Å². The van der Waals surface area contributed by atoms with E-state index in [1.807, 2.05) is 0 Å². The molecule has 0 saturated heterocycles. The van der Waals surface area contributed by atoms with Crippen LogP contribution in [0.5, 0.6) is 0 Å². The van der Waals surface area contributed by atoms with Crippen LogP contribution >= 0.6 is 0 Å². The van der Waals surface area contributed by atoms with Crippen molar-refractivity contribution in [2.45, 2.75) is 90.5 Å². The molecule has 2 unspecified atom stereocenters. The second kappa shape index (κ2) is 8.09. The monoisotopic (exact) mass is 536 g/mol. The van der Waals surface area contributed by atoms with Gasteiger partial charge in [0.15, 0.2) is 0 Å². The zero-order valence-corrected chi connectivity index (χ0v) is 25.7. The van der Waals surface area contributed by atoms with Gasteiger partial charge >= 0.3 is 0 Å². The number of nitrogens with zero attached hydrogens (tertiary/aromatic N) is 2. The van der Waals surface area contributed by atoms with Gasteiger partial charge in [0.25, 0.3) is 6.71 Å². The zero-order valence-electron chi connectivity index (χ0n) is 25.7. The van der Waals surface area contributed by atoms with Gasteiger partial charge in [-0.1, -0.05) is 95.1 Å². The number of rotatable bonds is 1. The molecule has 2 nitrogen and oxygen atoms in total. The van der Waals surface area contributed by atoms with E-state index in [-0.39, 0.29) is 23.1 Å². The first kappa shape index (κ1) is 25.3. The molecule has 0 amide bonds. The molecule has 0 bridgehead atoms. The predicted molar refractivity (Wildman–Crippen MR) is 177 cm³/mol. The molecule has 4 aromatic rings. The third-order valence-corrected chi connectivity index (χ3v) is 11.4. The fraction of sp³-hybridized carbons (Fsp3) is 0.368. The van der Waals surface area contributed by atoms with Crippen LogP contribution < -0.4 is 26.2 Å². The van der Waals surface area contributed by atoms with E-state index in [1.165, 1.54) is 87.2 Å². The molecule has 0 N–H and O–H groups in total. The SMILES string of the molecule is Cc1ccccc1N1c2cc(C(C)(C)C)cc3c2B(c2cccc(C)c21)c1cccc2c1N3C1(C)CCCCC21C. The predicted octanol–water partition coefficient (Wildman–Crippen LogP) is 7.96. The molecular weight excluding hydrogens is 495 g/mol. The third kappa shape index (κ3) is 3.05. The molecule has 3 heterocycles. The Morgan fingerprint density at radius 2 is 1.37 bits per heavy atom. The largest absolute Gasteiger partial charge is 0.335 e. The summed E-state index contributed by atoms with van der Waals surface area (Å²) >= 11 is 0. The van der Waals surface area contributed by atoms with Gasteiger partial charge < -0.3 is 9.80 Å². The Kier molecular flexibility index (Phi) is 4.99. The quantitative estimate of drug-likeness (QED) is 0.201. The summed E-state index contributed by atoms with van der Waals surface area (Å²) in [5, 5.41) is 0. The lowest BCUT2D eigenvalue weighted by molar-refractivity contribution is 0.195. The Balaban J connectivity index is 1.55. The van der Waals surface area contributed by atoms with Gasteiger partial charge in [-0.25, -0.2) is 0 Å². The lowest BCUT2D eigenvalue weighted by Gasteiger charge is -2.53. The number of para-hydroxylation sites is 3. The number of benzene rings is 4. The van der Waals surface area contributed by atoms with Gasteiger partial charge in [-0.2, -0.15) is 0 Å². The number of anilines is 5. The molecule has 3 heteroatoms. The van der Waals surface area contributed by atoms with Crippen LogP contribution in [0.15, 0.2) is 72.8 Å². The van der Waals surface area contributed by atoms with Crippen molar-refractivity contribution >= 4 is 51.5 Å². The summed E-state index contributed by atoms with van der Waals surface area (Å²) in [5.41, 5.74) is 17.2. The van der Waals surface area contributed by atoms with Crippen molar-refractivity contribution in [3.63, 3.8) is 0 Å². The first-order chi connectivity index (χ1) is 19.6. The van der Waals surface area contributed by atoms with Crippen molar-refractivity contribution in [1.29, 1.82) is 0 Å². The molecule has 0 aromatic heterocycles. The van der Waals surface area contributed by atoms with Crippen molar-refractivity contribution in [3.8, 4) is 0 Å². The summed E-state index contributed by atoms with van der Waals surface area (Å²) < 4.78 is 0. The van der Waals surface area contributed by atoms with Crippen LogP contribution in [0, 0.1) is 13.8 Å². The van der Waals surface area contributed by atoms with Crippen LogP contribution in [0.25, 0.3) is 0 Å². The molecular formula is C38H41BN2. The molecule has 4 aliphatic rings. The average molecular weight is 537 g/mol. The van der Waals surface area contributed by atoms with Crippen molar-refractivity contribution in [1.82, 2.24) is 0 Å². The first-order valence-corrected chi connectivity index (χ1v) is 15.6. The maximum absolute atomic E-state index is 2.85. The van der Waals surface area contributed by atoms with E-state index < -0.39 is 0 Å². The van der Waals surface area contributed by atoms with Crippen LogP contribution in [-0.4, -0.2) is 12.3 Å². The van der Waals surface area contributed by atoms with E-state index in [0.29, 0.717) is 0 Å². The topological polar surface area (TPSA) is 6.48 Å². The number of hydrogen-bond donors (Lipinski definition) is 0. The van der Waals surface area contributed by atoms with Crippen molar-refractivity contribution in [3.05, 3.63) is 95.1 Å². The highest BCUT2D eigenvalue weighted by molar-refractivity contribution is 7.00. The van der Waals surface area contributed by atoms with Gasteiger partial charge in [0.05, 0.1) is 5.54 Å². The third-order valence-electron chi connectivity index (χ3n) is 11.4. The maximum Gasteiger partial charge on any atom is 0.252 e. The summed E-state index contributed by atoms with van der Waals surface area (Å²) in [5.74, 6) is 0. The number of aryl methyl sites for hydroxylation is 2. The minimum Gasteiger partial charge on any atom is -0.335 e. The van der Waals surface area contributed by atoms with Gasteiger partial charge in [0.2, 0.25) is 0 Å². The fourth-order valence-corrected chi connectivity index (χ4v) is 9.00. The van der Waals surface area contributed by atoms with E-state index in [4.69, 9.17) is 0 Å². The minimum absolute atomic E-state index is 0.0285. The fourth-order valence-electron chi connectivity index (χ4n) is 9.00. The number of fused-ring (bicyclic) bond motifs is 7. The lowest BCUT2D eigenvalue weighted by Crippen LogP contribution is -2.64. The van der Waals surface area contributed by atoms with Crippen LogP contribution in [0.2, 0.25) is 0 Å². The normalized spacial score (nSPS) is 23.6. The van der Waals surface area contributed by atoms with Crippen LogP contribution in [-0.2, 0) is 10.8 Å². The Morgan fingerprint density at radius 1 is 0.707 bits per heavy atom. The molecule has 4 aromatic carbocycles. The molecule has 0 spiro atoms. The maximum atomic E-state index is 2.85. The second-order valence-electron chi connectivity index (χ2n) is 14.6. The summed E-state index contributed by atoms with van der Waals surface area (Å²) in [4.78, 5) is 5.45. The molecule has 0 radical (unpaired) electrons. The molecule has 2 atom stereocenters. The summed E-state index contributed by atoms with van der Waals surface area (Å²) in [6.45, 7) is 17.0. The van der Waals surface area contributed by atoms with Crippen LogP contribution in [0.1, 0.15) is 82.6 Å². The van der Waals surface area contributed by atoms with Crippen molar-refractivity contribution in [2.75, 3.05) is 9.80 Å². The van der Waals surface area contributed by atoms with Gasteiger partial charge in [0, 0.05) is 33.9 Å². The first-order valence-electron chi connectivity index (χ1n) is 15.6. The van der Waals surface area contributed by atoms with Crippen molar-refractivity contribution in [2.24, 2.45) is 0 Å². The molecule has 3 aliphatic heterocycles. The van der Waals surface area contributed by atoms with Gasteiger partial charge in [-0.05, 0) is 95.9 Å². The van der Waals surface area contributed by atoms with Gasteiger partial charge in [-0.15, -0.1) is 0 Å². The van der Waals surface area contributed by atoms with E-state index in [1.54, 1.807) is 5.56 Å². The standard InChI is InChI=1S/C38H41BN2/c1-24-14-8-9-19-30(24)40-31-22-26(36(3,4)5)23-32-33(31)39(28-17-12-15-25(2)34(28)40)29-18-13-16-27-35(29)41(32)38(7)21-11-10-20-37(27,38)6/h8-9,12-19,22-23H,10-11,20-21H2,1-7H3. The summed E-state index contributed by atoms with van der Waals surface area (Å²) in [7, 11) is 0. The highest BCUT2D eigenvalue weighted by Crippen LogP contribution is 2.61. The minimum atomic E-state index is 0.0285. The van der Waals surface area contributed by atoms with Crippen LogP contribution in [0.3, 0.4) is 0 Å². The average Bonchev–Trinajstić information content (AvgIpc) is 3.15. The van der Waals surface area contributed by atoms with E-state index in [2.05, 4.69) is 131 Å². The summed E-state index contributed by atoms with van der Waals surface area (Å²) in [6.07, 6.45) is 5.10. The zero-order chi connectivity index (χ0) is 28.5. The highest BCUT2D eigenvalue weighted by atomic mass is 15.3. The van der Waals surface area contributed by atoms with Gasteiger partial charge in [0.1, 0.15) is 0 Å². The van der Waals surface area contributed by atoms with E-state index in [0.717, 1.165) is 0 Å². The second-order valence-corrected chi connectivity index (χ2v) is 14.6. The molecule has 1 aliphatic carbocycles. The van der Waals surface area contributed by atoms with E-state index in [9.17, 15) is 0 Å². The van der Waals surface area contributed by atoms with E-state index >= 15 is 0 Å². The van der Waals surface area contributed by atoms with Crippen molar-refractivity contribution < 1.29 is 0 Å². The lowest BCUT2D eigenvalue weighted by atomic mass is 9.33. The Bertz CT molecular complexity index is 1760. The Hall–Kier alpha value is -3.46. The number of hydrogen-bond acceptors (Lipinski definition) is 2. The molecule has 206 valence electrons. The highest BCUT2D eigenvalue weighted by Gasteiger charge is 2.61.